The van der Waals surface area contributed by atoms with Crippen molar-refractivity contribution >= 4 is 17.7 Å². The second-order valence-corrected chi connectivity index (χ2v) is 8.12. The van der Waals surface area contributed by atoms with Gasteiger partial charge in [-0.3, -0.25) is 19.3 Å². The van der Waals surface area contributed by atoms with Crippen molar-refractivity contribution in [3.05, 3.63) is 70.8 Å². The number of fused-ring (bicyclic) bond motifs is 2. The van der Waals surface area contributed by atoms with Crippen LogP contribution in [0.4, 0.5) is 0 Å². The fourth-order valence-corrected chi connectivity index (χ4v) is 5.11. The van der Waals surface area contributed by atoms with E-state index < -0.39 is 5.54 Å². The molecule has 5 heteroatoms. The Balaban J connectivity index is 1.51. The molecule has 3 aliphatic rings. The highest BCUT2D eigenvalue weighted by Crippen LogP contribution is 2.42. The predicted molar refractivity (Wildman–Crippen MR) is 104 cm³/mol. The molecule has 5 rings (SSSR count). The molecule has 0 bridgehead atoms. The van der Waals surface area contributed by atoms with Gasteiger partial charge in [0, 0.05) is 6.54 Å². The topological polar surface area (TPSA) is 57.7 Å². The Labute approximate surface area is 163 Å². The lowest BCUT2D eigenvalue weighted by molar-refractivity contribution is -0.147. The first-order valence-electron chi connectivity index (χ1n) is 9.89. The molecule has 2 unspecified atom stereocenters. The SMILES string of the molecule is CC1(N2C(=O)c3ccccc3C2=O)CCCN(C2CCc3ccccc32)C1=O. The molecular formula is C23H22N2O3. The number of likely N-dealkylation sites (tertiary alicyclic amines) is 1. The van der Waals surface area contributed by atoms with Crippen molar-refractivity contribution in [3.63, 3.8) is 0 Å². The molecule has 2 aromatic rings. The number of rotatable bonds is 2. The lowest BCUT2D eigenvalue weighted by Crippen LogP contribution is -2.62. The number of hydrogen-bond donors (Lipinski definition) is 0. The quantitative estimate of drug-likeness (QED) is 0.758. The molecule has 0 radical (unpaired) electrons. The van der Waals surface area contributed by atoms with Gasteiger partial charge < -0.3 is 4.90 Å². The van der Waals surface area contributed by atoms with E-state index in [9.17, 15) is 14.4 Å². The number of carbonyl (C=O) groups is 3. The molecule has 0 aromatic heterocycles. The molecule has 0 saturated carbocycles. The van der Waals surface area contributed by atoms with E-state index in [1.165, 1.54) is 16.0 Å². The van der Waals surface area contributed by atoms with Crippen LogP contribution in [-0.2, 0) is 11.2 Å². The zero-order valence-electron chi connectivity index (χ0n) is 15.9. The lowest BCUT2D eigenvalue weighted by atomic mass is 9.86. The Morgan fingerprint density at radius 1 is 0.929 bits per heavy atom. The van der Waals surface area contributed by atoms with Gasteiger partial charge in [0.1, 0.15) is 5.54 Å². The minimum atomic E-state index is -1.14. The van der Waals surface area contributed by atoms with Crippen LogP contribution >= 0.6 is 0 Å². The molecule has 1 fully saturated rings. The second kappa shape index (κ2) is 6.03. The van der Waals surface area contributed by atoms with Crippen molar-refractivity contribution in [1.29, 1.82) is 0 Å². The molecule has 28 heavy (non-hydrogen) atoms. The summed E-state index contributed by atoms with van der Waals surface area (Å²) < 4.78 is 0. The summed E-state index contributed by atoms with van der Waals surface area (Å²) in [6.07, 6.45) is 3.12. The van der Waals surface area contributed by atoms with Gasteiger partial charge in [-0.15, -0.1) is 0 Å². The molecule has 2 aliphatic heterocycles. The fraction of sp³-hybridized carbons (Fsp3) is 0.348. The maximum Gasteiger partial charge on any atom is 0.262 e. The average molecular weight is 374 g/mol. The van der Waals surface area contributed by atoms with Crippen LogP contribution in [0, 0.1) is 0 Å². The molecule has 142 valence electrons. The van der Waals surface area contributed by atoms with E-state index in [1.807, 2.05) is 17.0 Å². The normalized spacial score (nSPS) is 26.6. The third-order valence-electron chi connectivity index (χ3n) is 6.55. The van der Waals surface area contributed by atoms with Crippen LogP contribution in [0.5, 0.6) is 0 Å². The first-order chi connectivity index (χ1) is 13.5. The van der Waals surface area contributed by atoms with Crippen molar-refractivity contribution in [2.24, 2.45) is 0 Å². The minimum absolute atomic E-state index is 0.0264. The number of aryl methyl sites for hydroxylation is 1. The van der Waals surface area contributed by atoms with E-state index >= 15 is 0 Å². The van der Waals surface area contributed by atoms with Gasteiger partial charge in [0.15, 0.2) is 0 Å². The van der Waals surface area contributed by atoms with Gasteiger partial charge in [0.05, 0.1) is 17.2 Å². The molecule has 0 spiro atoms. The van der Waals surface area contributed by atoms with Crippen molar-refractivity contribution in [2.75, 3.05) is 6.54 Å². The lowest BCUT2D eigenvalue weighted by Gasteiger charge is -2.45. The molecule has 2 heterocycles. The third-order valence-corrected chi connectivity index (χ3v) is 6.55. The zero-order chi connectivity index (χ0) is 19.5. The third kappa shape index (κ3) is 2.22. The summed E-state index contributed by atoms with van der Waals surface area (Å²) in [5.41, 5.74) is 2.13. The Bertz CT molecular complexity index is 979. The standard InChI is InChI=1S/C23H22N2O3/c1-23(25-20(26)17-9-4-5-10-18(17)21(25)27)13-6-14-24(22(23)28)19-12-11-15-7-2-3-8-16(15)19/h2-5,7-10,19H,6,11-14H2,1H3. The van der Waals surface area contributed by atoms with E-state index in [-0.39, 0.29) is 23.8 Å². The summed E-state index contributed by atoms with van der Waals surface area (Å²) >= 11 is 0. The summed E-state index contributed by atoms with van der Waals surface area (Å²) in [7, 11) is 0. The van der Waals surface area contributed by atoms with Crippen LogP contribution in [0.2, 0.25) is 0 Å². The zero-order valence-corrected chi connectivity index (χ0v) is 15.9. The van der Waals surface area contributed by atoms with Gasteiger partial charge in [-0.2, -0.15) is 0 Å². The van der Waals surface area contributed by atoms with Gasteiger partial charge in [-0.25, -0.2) is 0 Å². The van der Waals surface area contributed by atoms with E-state index in [0.717, 1.165) is 19.3 Å². The maximum absolute atomic E-state index is 13.7. The van der Waals surface area contributed by atoms with Crippen molar-refractivity contribution in [3.8, 4) is 0 Å². The number of hydrogen-bond acceptors (Lipinski definition) is 3. The Morgan fingerprint density at radius 2 is 1.57 bits per heavy atom. The number of amides is 3. The van der Waals surface area contributed by atoms with Crippen LogP contribution in [0.1, 0.15) is 64.1 Å². The van der Waals surface area contributed by atoms with Crippen molar-refractivity contribution in [1.82, 2.24) is 9.80 Å². The largest absolute Gasteiger partial charge is 0.334 e. The fourth-order valence-electron chi connectivity index (χ4n) is 5.11. The van der Waals surface area contributed by atoms with E-state index in [1.54, 1.807) is 31.2 Å². The first-order valence-corrected chi connectivity index (χ1v) is 9.89. The monoisotopic (exact) mass is 374 g/mol. The average Bonchev–Trinajstić information content (AvgIpc) is 3.24. The Morgan fingerprint density at radius 3 is 2.29 bits per heavy atom. The number of piperidine rings is 1. The number of carbonyl (C=O) groups excluding carboxylic acids is 3. The Hall–Kier alpha value is -2.95. The van der Waals surface area contributed by atoms with Gasteiger partial charge in [-0.05, 0) is 55.9 Å². The molecule has 3 amide bonds. The van der Waals surface area contributed by atoms with Crippen LogP contribution in [-0.4, -0.2) is 39.6 Å². The molecule has 0 N–H and O–H groups in total. The summed E-state index contributed by atoms with van der Waals surface area (Å²) in [5, 5.41) is 0. The van der Waals surface area contributed by atoms with Gasteiger partial charge in [0.25, 0.3) is 11.8 Å². The van der Waals surface area contributed by atoms with Crippen LogP contribution in [0.3, 0.4) is 0 Å². The van der Waals surface area contributed by atoms with Gasteiger partial charge in [-0.1, -0.05) is 36.4 Å². The van der Waals surface area contributed by atoms with E-state index in [0.29, 0.717) is 24.1 Å². The van der Waals surface area contributed by atoms with E-state index in [2.05, 4.69) is 12.1 Å². The highest BCUT2D eigenvalue weighted by atomic mass is 16.2. The summed E-state index contributed by atoms with van der Waals surface area (Å²) in [4.78, 5) is 42.8. The smallest absolute Gasteiger partial charge is 0.262 e. The minimum Gasteiger partial charge on any atom is -0.334 e. The molecule has 2 aromatic carbocycles. The summed E-state index contributed by atoms with van der Waals surface area (Å²) in [5.74, 6) is -0.829. The van der Waals surface area contributed by atoms with Crippen LogP contribution in [0.15, 0.2) is 48.5 Å². The molecule has 2 atom stereocenters. The van der Waals surface area contributed by atoms with Gasteiger partial charge >= 0.3 is 0 Å². The number of benzene rings is 2. The van der Waals surface area contributed by atoms with Gasteiger partial charge in [0.2, 0.25) is 5.91 Å². The highest BCUT2D eigenvalue weighted by Gasteiger charge is 2.54. The Kier molecular flexibility index (Phi) is 3.69. The molecule has 5 nitrogen and oxygen atoms in total. The summed E-state index contributed by atoms with van der Waals surface area (Å²) in [6.45, 7) is 2.42. The van der Waals surface area contributed by atoms with Crippen LogP contribution in [0.25, 0.3) is 0 Å². The van der Waals surface area contributed by atoms with Crippen molar-refractivity contribution < 1.29 is 14.4 Å². The molecule has 1 saturated heterocycles. The van der Waals surface area contributed by atoms with E-state index in [4.69, 9.17) is 0 Å². The summed E-state index contributed by atoms with van der Waals surface area (Å²) in [6, 6.07) is 15.1. The van der Waals surface area contributed by atoms with Crippen LogP contribution < -0.4 is 0 Å². The molecular weight excluding hydrogens is 352 g/mol. The van der Waals surface area contributed by atoms with Crippen molar-refractivity contribution in [2.45, 2.75) is 44.2 Å². The maximum atomic E-state index is 13.7. The first kappa shape index (κ1) is 17.2. The number of imide groups is 1. The predicted octanol–water partition coefficient (Wildman–Crippen LogP) is 3.35. The second-order valence-electron chi connectivity index (χ2n) is 8.12. The number of nitrogens with zero attached hydrogens (tertiary/aromatic N) is 2. The highest BCUT2D eigenvalue weighted by molar-refractivity contribution is 6.23. The molecule has 1 aliphatic carbocycles.